The molecule has 1 amide bonds. The number of carboxylic acids is 1. The van der Waals surface area contributed by atoms with Gasteiger partial charge in [-0.15, -0.1) is 0 Å². The molecule has 0 heterocycles. The largest absolute Gasteiger partial charge is 0.480 e. The Balaban J connectivity index is 3.08. The van der Waals surface area contributed by atoms with E-state index >= 15 is 0 Å². The number of carbonyl (C=O) groups excluding carboxylic acids is 2. The van der Waals surface area contributed by atoms with Crippen molar-refractivity contribution >= 4 is 40.5 Å². The summed E-state index contributed by atoms with van der Waals surface area (Å²) in [6.45, 7) is 5.61. The summed E-state index contributed by atoms with van der Waals surface area (Å²) in [5.74, 6) is -0.577. The van der Waals surface area contributed by atoms with Gasteiger partial charge in [0.2, 0.25) is 5.91 Å². The van der Waals surface area contributed by atoms with Crippen LogP contribution in [0.4, 0.5) is 0 Å². The van der Waals surface area contributed by atoms with E-state index < -0.39 is 17.9 Å². The van der Waals surface area contributed by atoms with E-state index in [2.05, 4.69) is 0 Å². The van der Waals surface area contributed by atoms with Crippen LogP contribution in [-0.2, 0) is 20.8 Å². The molecule has 1 aromatic rings. The van der Waals surface area contributed by atoms with Crippen molar-refractivity contribution in [1.29, 1.82) is 0 Å². The average molecular weight is 412 g/mol. The number of nitrogens with zero attached hydrogens (tertiary/aromatic N) is 1. The SMILES string of the molecule is CCN(C(=O)C(CSC(C)=O)Cc1ccccc1C)[C@@H](CCSC)C(=O)O. The molecule has 0 radical (unpaired) electrons. The molecular weight excluding hydrogens is 382 g/mol. The minimum atomic E-state index is -0.979. The molecule has 0 saturated heterocycles. The summed E-state index contributed by atoms with van der Waals surface area (Å²) in [5.41, 5.74) is 2.13. The van der Waals surface area contributed by atoms with Crippen LogP contribution in [0.2, 0.25) is 0 Å². The Morgan fingerprint density at radius 1 is 1.22 bits per heavy atom. The molecule has 1 N–H and O–H groups in total. The number of hydrogen-bond acceptors (Lipinski definition) is 5. The van der Waals surface area contributed by atoms with Crippen molar-refractivity contribution < 1.29 is 19.5 Å². The third-order valence-electron chi connectivity index (χ3n) is 4.45. The molecule has 0 fully saturated rings. The Morgan fingerprint density at radius 2 is 1.89 bits per heavy atom. The van der Waals surface area contributed by atoms with Crippen molar-refractivity contribution in [1.82, 2.24) is 4.90 Å². The van der Waals surface area contributed by atoms with Crippen LogP contribution in [-0.4, -0.2) is 57.3 Å². The Morgan fingerprint density at radius 3 is 2.41 bits per heavy atom. The summed E-state index contributed by atoms with van der Waals surface area (Å²) in [6.07, 6.45) is 2.83. The maximum atomic E-state index is 13.2. The first-order chi connectivity index (χ1) is 12.8. The third-order valence-corrected chi connectivity index (χ3v) is 6.06. The normalized spacial score (nSPS) is 13.0. The van der Waals surface area contributed by atoms with E-state index in [0.29, 0.717) is 30.9 Å². The first-order valence-corrected chi connectivity index (χ1v) is 11.4. The predicted molar refractivity (Wildman–Crippen MR) is 113 cm³/mol. The van der Waals surface area contributed by atoms with Crippen LogP contribution in [0.5, 0.6) is 0 Å². The minimum Gasteiger partial charge on any atom is -0.480 e. The van der Waals surface area contributed by atoms with Gasteiger partial charge in [-0.25, -0.2) is 4.79 Å². The van der Waals surface area contributed by atoms with E-state index in [9.17, 15) is 19.5 Å². The fourth-order valence-electron chi connectivity index (χ4n) is 2.95. The van der Waals surface area contributed by atoms with Crippen LogP contribution in [0.25, 0.3) is 0 Å². The van der Waals surface area contributed by atoms with Gasteiger partial charge in [0.05, 0.1) is 5.92 Å². The van der Waals surface area contributed by atoms with Crippen molar-refractivity contribution in [3.63, 3.8) is 0 Å². The van der Waals surface area contributed by atoms with Gasteiger partial charge in [-0.1, -0.05) is 36.0 Å². The lowest BCUT2D eigenvalue weighted by atomic mass is 9.95. The van der Waals surface area contributed by atoms with Gasteiger partial charge >= 0.3 is 5.97 Å². The Kier molecular flexibility index (Phi) is 10.5. The van der Waals surface area contributed by atoms with Gasteiger partial charge in [-0.3, -0.25) is 9.59 Å². The van der Waals surface area contributed by atoms with Gasteiger partial charge in [0.15, 0.2) is 5.12 Å². The highest BCUT2D eigenvalue weighted by atomic mass is 32.2. The third kappa shape index (κ3) is 7.58. The van der Waals surface area contributed by atoms with E-state index in [1.165, 1.54) is 11.8 Å². The molecule has 27 heavy (non-hydrogen) atoms. The lowest BCUT2D eigenvalue weighted by Gasteiger charge is -2.31. The number of carboxylic acid groups (broad SMARTS) is 1. The second-order valence-corrected chi connectivity index (χ2v) is 8.57. The van der Waals surface area contributed by atoms with Crippen LogP contribution in [0.15, 0.2) is 24.3 Å². The summed E-state index contributed by atoms with van der Waals surface area (Å²) in [5, 5.41) is 9.58. The predicted octanol–water partition coefficient (Wildman–Crippen LogP) is 3.49. The lowest BCUT2D eigenvalue weighted by Crippen LogP contribution is -2.48. The van der Waals surface area contributed by atoms with E-state index in [1.807, 2.05) is 37.4 Å². The van der Waals surface area contributed by atoms with Gasteiger partial charge in [-0.05, 0) is 49.8 Å². The smallest absolute Gasteiger partial charge is 0.326 e. The number of carbonyl (C=O) groups is 3. The first-order valence-electron chi connectivity index (χ1n) is 9.01. The van der Waals surface area contributed by atoms with E-state index in [0.717, 1.165) is 22.9 Å². The number of rotatable bonds is 11. The first kappa shape index (κ1) is 23.6. The zero-order chi connectivity index (χ0) is 20.4. The number of amides is 1. The summed E-state index contributed by atoms with van der Waals surface area (Å²) < 4.78 is 0. The second-order valence-electron chi connectivity index (χ2n) is 6.39. The molecule has 5 nitrogen and oxygen atoms in total. The molecule has 0 aliphatic carbocycles. The number of likely N-dealkylation sites (N-methyl/N-ethyl adjacent to an activating group) is 1. The van der Waals surface area contributed by atoms with Gasteiger partial charge < -0.3 is 10.0 Å². The maximum absolute atomic E-state index is 13.2. The summed E-state index contributed by atoms with van der Waals surface area (Å²) in [7, 11) is 0. The summed E-state index contributed by atoms with van der Waals surface area (Å²) in [4.78, 5) is 37.9. The molecule has 0 aliphatic rings. The molecule has 0 aliphatic heterocycles. The molecule has 0 bridgehead atoms. The standard InChI is InChI=1S/C20H29NO4S2/c1-5-21(18(20(24)25)10-11-26-4)19(23)17(13-27-15(3)22)12-16-9-7-6-8-14(16)2/h6-9,17-18H,5,10-13H2,1-4H3,(H,24,25)/t17?,18-/m0/s1. The fourth-order valence-corrected chi connectivity index (χ4v) is 4.10. The van der Waals surface area contributed by atoms with E-state index in [1.54, 1.807) is 18.7 Å². The lowest BCUT2D eigenvalue weighted by molar-refractivity contribution is -0.151. The van der Waals surface area contributed by atoms with Gasteiger partial charge in [0, 0.05) is 19.2 Å². The molecule has 0 aromatic heterocycles. The van der Waals surface area contributed by atoms with Crippen molar-refractivity contribution in [2.75, 3.05) is 24.3 Å². The van der Waals surface area contributed by atoms with Gasteiger partial charge in [-0.2, -0.15) is 11.8 Å². The number of aryl methyl sites for hydroxylation is 1. The van der Waals surface area contributed by atoms with Crippen molar-refractivity contribution in [2.45, 2.75) is 39.7 Å². The highest BCUT2D eigenvalue weighted by Crippen LogP contribution is 2.22. The molecular formula is C20H29NO4S2. The van der Waals surface area contributed by atoms with Crippen LogP contribution in [0.1, 0.15) is 31.4 Å². The molecule has 7 heteroatoms. The summed E-state index contributed by atoms with van der Waals surface area (Å²) in [6, 6.07) is 7.01. The second kappa shape index (κ2) is 12.1. The molecule has 0 spiro atoms. The molecule has 0 saturated carbocycles. The number of benzene rings is 1. The monoisotopic (exact) mass is 411 g/mol. The number of aliphatic carboxylic acids is 1. The van der Waals surface area contributed by atoms with E-state index in [-0.39, 0.29) is 11.0 Å². The van der Waals surface area contributed by atoms with Gasteiger partial charge in [0.1, 0.15) is 6.04 Å². The zero-order valence-electron chi connectivity index (χ0n) is 16.4. The van der Waals surface area contributed by atoms with Crippen LogP contribution in [0, 0.1) is 12.8 Å². The maximum Gasteiger partial charge on any atom is 0.326 e. The van der Waals surface area contributed by atoms with Crippen LogP contribution in [0.3, 0.4) is 0 Å². The van der Waals surface area contributed by atoms with Crippen LogP contribution < -0.4 is 0 Å². The van der Waals surface area contributed by atoms with Crippen molar-refractivity contribution in [2.24, 2.45) is 5.92 Å². The minimum absolute atomic E-state index is 0.0437. The average Bonchev–Trinajstić information content (AvgIpc) is 2.62. The Labute approximate surface area is 170 Å². The highest BCUT2D eigenvalue weighted by Gasteiger charge is 2.33. The Bertz CT molecular complexity index is 651. The zero-order valence-corrected chi connectivity index (χ0v) is 18.1. The highest BCUT2D eigenvalue weighted by molar-refractivity contribution is 8.13. The quantitative estimate of drug-likeness (QED) is 0.601. The molecule has 1 rings (SSSR count). The number of thioether (sulfide) groups is 2. The molecule has 2 atom stereocenters. The molecule has 1 aromatic carbocycles. The summed E-state index contributed by atoms with van der Waals surface area (Å²) >= 11 is 2.68. The number of hydrogen-bond donors (Lipinski definition) is 1. The van der Waals surface area contributed by atoms with Crippen LogP contribution >= 0.6 is 23.5 Å². The Hall–Kier alpha value is -1.47. The molecule has 1 unspecified atom stereocenters. The van der Waals surface area contributed by atoms with Crippen molar-refractivity contribution in [3.05, 3.63) is 35.4 Å². The topological polar surface area (TPSA) is 74.7 Å². The molecule has 150 valence electrons. The van der Waals surface area contributed by atoms with Crippen molar-refractivity contribution in [3.8, 4) is 0 Å². The fraction of sp³-hybridized carbons (Fsp3) is 0.550. The van der Waals surface area contributed by atoms with E-state index in [4.69, 9.17) is 0 Å². The van der Waals surface area contributed by atoms with Gasteiger partial charge in [0.25, 0.3) is 0 Å².